The van der Waals surface area contributed by atoms with E-state index in [1.807, 2.05) is 24.3 Å². The number of rotatable bonds is 3. The van der Waals surface area contributed by atoms with E-state index in [9.17, 15) is 10.1 Å². The van der Waals surface area contributed by atoms with E-state index in [2.05, 4.69) is 16.1 Å². The molecule has 3 aromatic rings. The van der Waals surface area contributed by atoms with E-state index in [1.54, 1.807) is 27.4 Å². The van der Waals surface area contributed by atoms with Crippen molar-refractivity contribution in [3.05, 3.63) is 64.1 Å². The summed E-state index contributed by atoms with van der Waals surface area (Å²) in [5.74, 6) is 0.599. The molecule has 4 rings (SSSR count). The fraction of sp³-hybridized carbons (Fsp3) is 0.316. The van der Waals surface area contributed by atoms with Crippen LogP contribution in [0.3, 0.4) is 0 Å². The van der Waals surface area contributed by atoms with Crippen molar-refractivity contribution in [1.29, 1.82) is 5.26 Å². The molecule has 7 heteroatoms. The molecular weight excluding hydrogens is 328 g/mol. The molecule has 1 aromatic carbocycles. The Labute approximate surface area is 150 Å². The predicted molar refractivity (Wildman–Crippen MR) is 99.1 cm³/mol. The molecule has 132 valence electrons. The summed E-state index contributed by atoms with van der Waals surface area (Å²) in [6.07, 6.45) is 3.72. The van der Waals surface area contributed by atoms with Gasteiger partial charge in [0.25, 0.3) is 5.56 Å². The second kappa shape index (κ2) is 6.65. The third-order valence-corrected chi connectivity index (χ3v) is 4.84. The number of fused-ring (bicyclic) bond motifs is 1. The van der Waals surface area contributed by atoms with Gasteiger partial charge in [0.2, 0.25) is 5.95 Å². The van der Waals surface area contributed by atoms with Crippen LogP contribution < -0.4 is 16.2 Å². The highest BCUT2D eigenvalue weighted by Crippen LogP contribution is 2.19. The van der Waals surface area contributed by atoms with Gasteiger partial charge in [-0.3, -0.25) is 9.36 Å². The summed E-state index contributed by atoms with van der Waals surface area (Å²) >= 11 is 0. The maximum Gasteiger partial charge on any atom is 0.279 e. The molecule has 0 spiro atoms. The normalized spacial score (nSPS) is 17.4. The van der Waals surface area contributed by atoms with Crippen molar-refractivity contribution in [2.45, 2.75) is 25.4 Å². The third-order valence-electron chi connectivity index (χ3n) is 4.84. The summed E-state index contributed by atoms with van der Waals surface area (Å²) in [6.45, 7) is 1.78. The highest BCUT2D eigenvalue weighted by atomic mass is 16.1. The Morgan fingerprint density at radius 1 is 1.27 bits per heavy atom. The molecule has 2 N–H and O–H groups in total. The summed E-state index contributed by atoms with van der Waals surface area (Å²) in [6, 6.07) is 13.2. The molecule has 1 aliphatic heterocycles. The molecule has 1 atom stereocenters. The highest BCUT2D eigenvalue weighted by molar-refractivity contribution is 5.48. The summed E-state index contributed by atoms with van der Waals surface area (Å²) in [5.41, 5.74) is 7.90. The van der Waals surface area contributed by atoms with Gasteiger partial charge < -0.3 is 10.6 Å². The van der Waals surface area contributed by atoms with Crippen molar-refractivity contribution in [3.63, 3.8) is 0 Å². The number of hydrogen-bond donors (Lipinski definition) is 1. The van der Waals surface area contributed by atoms with Crippen LogP contribution in [0.15, 0.2) is 47.4 Å². The van der Waals surface area contributed by atoms with Crippen molar-refractivity contribution >= 4 is 11.5 Å². The Balaban J connectivity index is 1.86. The fourth-order valence-electron chi connectivity index (χ4n) is 3.51. The van der Waals surface area contributed by atoms with E-state index in [1.165, 1.54) is 0 Å². The van der Waals surface area contributed by atoms with Crippen molar-refractivity contribution in [2.24, 2.45) is 5.73 Å². The Hall–Kier alpha value is -3.11. The van der Waals surface area contributed by atoms with E-state index >= 15 is 0 Å². The maximum atomic E-state index is 13.1. The number of hydrogen-bond acceptors (Lipinski definition) is 5. The highest BCUT2D eigenvalue weighted by Gasteiger charge is 2.23. The van der Waals surface area contributed by atoms with Crippen LogP contribution in [0.1, 0.15) is 24.0 Å². The van der Waals surface area contributed by atoms with Gasteiger partial charge in [-0.1, -0.05) is 18.2 Å². The quantitative estimate of drug-likeness (QED) is 0.771. The van der Waals surface area contributed by atoms with Crippen molar-refractivity contribution in [3.8, 4) is 6.07 Å². The minimum Gasteiger partial charge on any atom is -0.339 e. The third kappa shape index (κ3) is 2.85. The smallest absolute Gasteiger partial charge is 0.279 e. The van der Waals surface area contributed by atoms with Crippen LogP contribution >= 0.6 is 0 Å². The number of nitrogens with two attached hydrogens (primary N) is 1. The lowest BCUT2D eigenvalue weighted by atomic mass is 10.1. The van der Waals surface area contributed by atoms with Gasteiger partial charge in [-0.2, -0.15) is 5.26 Å². The molecule has 0 bridgehead atoms. The van der Waals surface area contributed by atoms with Gasteiger partial charge in [0.1, 0.15) is 5.52 Å². The van der Waals surface area contributed by atoms with E-state index in [0.717, 1.165) is 24.9 Å². The van der Waals surface area contributed by atoms with Crippen molar-refractivity contribution in [2.75, 3.05) is 18.0 Å². The largest absolute Gasteiger partial charge is 0.339 e. The monoisotopic (exact) mass is 348 g/mol. The van der Waals surface area contributed by atoms with Crippen molar-refractivity contribution in [1.82, 2.24) is 14.2 Å². The Kier molecular flexibility index (Phi) is 4.19. The van der Waals surface area contributed by atoms with Gasteiger partial charge >= 0.3 is 0 Å². The Bertz CT molecular complexity index is 1040. The van der Waals surface area contributed by atoms with Crippen molar-refractivity contribution < 1.29 is 0 Å². The lowest BCUT2D eigenvalue weighted by Gasteiger charge is -2.32. The molecule has 0 aliphatic carbocycles. The molecule has 2 aromatic heterocycles. The number of piperidine rings is 1. The van der Waals surface area contributed by atoms with Gasteiger partial charge in [0.15, 0.2) is 0 Å². The number of anilines is 1. The first kappa shape index (κ1) is 16.4. The SMILES string of the molecule is N#Cc1ccccc1Cn1c(N2CCC[C@@H](N)C2)nn2cccc2c1=O. The van der Waals surface area contributed by atoms with Crippen LogP contribution in [0.5, 0.6) is 0 Å². The summed E-state index contributed by atoms with van der Waals surface area (Å²) < 4.78 is 3.27. The molecule has 1 fully saturated rings. The first-order valence-electron chi connectivity index (χ1n) is 8.74. The first-order chi connectivity index (χ1) is 12.7. The van der Waals surface area contributed by atoms with Crippen LogP contribution in [-0.4, -0.2) is 33.3 Å². The molecule has 1 saturated heterocycles. The zero-order valence-corrected chi connectivity index (χ0v) is 14.4. The standard InChI is InChI=1S/C19H20N6O/c20-11-14-5-1-2-6-15(14)12-24-18(26)17-8-4-10-25(17)22-19(24)23-9-3-7-16(21)13-23/h1-2,4-6,8,10,16H,3,7,9,12-13,21H2/t16-/m1/s1. The molecule has 26 heavy (non-hydrogen) atoms. The van der Waals surface area contributed by atoms with E-state index in [-0.39, 0.29) is 11.6 Å². The van der Waals surface area contributed by atoms with Crippen LogP contribution in [0.4, 0.5) is 5.95 Å². The number of benzene rings is 1. The molecule has 7 nitrogen and oxygen atoms in total. The molecule has 0 amide bonds. The summed E-state index contributed by atoms with van der Waals surface area (Å²) in [7, 11) is 0. The minimum absolute atomic E-state index is 0.0702. The van der Waals surface area contributed by atoms with Gasteiger partial charge in [-0.15, -0.1) is 5.10 Å². The zero-order chi connectivity index (χ0) is 18.1. The lowest BCUT2D eigenvalue weighted by molar-refractivity contribution is 0.487. The van der Waals surface area contributed by atoms with Crippen LogP contribution in [0.25, 0.3) is 5.52 Å². The second-order valence-electron chi connectivity index (χ2n) is 6.65. The number of aromatic nitrogens is 3. The van der Waals surface area contributed by atoms with Crippen LogP contribution in [0, 0.1) is 11.3 Å². The van der Waals surface area contributed by atoms with Gasteiger partial charge in [-0.25, -0.2) is 4.52 Å². The minimum atomic E-state index is -0.119. The topological polar surface area (TPSA) is 92.3 Å². The van der Waals surface area contributed by atoms with Gasteiger partial charge in [0.05, 0.1) is 18.2 Å². The van der Waals surface area contributed by atoms with Gasteiger partial charge in [0, 0.05) is 25.3 Å². The van der Waals surface area contributed by atoms with E-state index < -0.39 is 0 Å². The summed E-state index contributed by atoms with van der Waals surface area (Å²) in [5, 5.41) is 14.0. The second-order valence-corrected chi connectivity index (χ2v) is 6.65. The average molecular weight is 348 g/mol. The summed E-state index contributed by atoms with van der Waals surface area (Å²) in [4.78, 5) is 15.2. The zero-order valence-electron chi connectivity index (χ0n) is 14.4. The van der Waals surface area contributed by atoms with Crippen LogP contribution in [0.2, 0.25) is 0 Å². The van der Waals surface area contributed by atoms with Gasteiger partial charge in [-0.05, 0) is 36.6 Å². The first-order valence-corrected chi connectivity index (χ1v) is 8.74. The fourth-order valence-corrected chi connectivity index (χ4v) is 3.51. The molecule has 0 saturated carbocycles. The molecule has 0 radical (unpaired) electrons. The number of nitrogens with zero attached hydrogens (tertiary/aromatic N) is 5. The van der Waals surface area contributed by atoms with E-state index in [4.69, 9.17) is 5.73 Å². The number of nitriles is 1. The molecular formula is C19H20N6O. The maximum absolute atomic E-state index is 13.1. The predicted octanol–water partition coefficient (Wildman–Crippen LogP) is 1.34. The Morgan fingerprint density at radius 2 is 2.12 bits per heavy atom. The molecule has 1 aliphatic rings. The van der Waals surface area contributed by atoms with Crippen LogP contribution in [-0.2, 0) is 6.54 Å². The molecule has 0 unspecified atom stereocenters. The average Bonchev–Trinajstić information content (AvgIpc) is 3.13. The molecule has 3 heterocycles. The Morgan fingerprint density at radius 3 is 2.92 bits per heavy atom. The lowest BCUT2D eigenvalue weighted by Crippen LogP contribution is -2.46. The van der Waals surface area contributed by atoms with E-state index in [0.29, 0.717) is 30.1 Å².